The molecular formula is C23H26Cl2N4O2. The Kier molecular flexibility index (Phi) is 7.93. The molecule has 1 fully saturated rings. The van der Waals surface area contributed by atoms with E-state index in [1.807, 2.05) is 11.8 Å². The van der Waals surface area contributed by atoms with Crippen molar-refractivity contribution in [2.24, 2.45) is 5.92 Å². The summed E-state index contributed by atoms with van der Waals surface area (Å²) >= 11 is 12.0. The lowest BCUT2D eigenvalue weighted by molar-refractivity contribution is -0.132. The lowest BCUT2D eigenvalue weighted by Crippen LogP contribution is -2.47. The minimum absolute atomic E-state index is 0.0415. The molecule has 3 rings (SSSR count). The van der Waals surface area contributed by atoms with Crippen LogP contribution in [-0.4, -0.2) is 42.3 Å². The van der Waals surface area contributed by atoms with E-state index in [9.17, 15) is 9.59 Å². The molecule has 0 spiro atoms. The third-order valence-electron chi connectivity index (χ3n) is 5.44. The van der Waals surface area contributed by atoms with Crippen LogP contribution in [0, 0.1) is 11.3 Å². The lowest BCUT2D eigenvalue weighted by Gasteiger charge is -2.32. The summed E-state index contributed by atoms with van der Waals surface area (Å²) in [5, 5.41) is 12.7. The average Bonchev–Trinajstić information content (AvgIpc) is 2.79. The highest BCUT2D eigenvalue weighted by Gasteiger charge is 2.25. The second-order valence-corrected chi connectivity index (χ2v) is 8.40. The van der Waals surface area contributed by atoms with E-state index in [2.05, 4.69) is 5.32 Å². The quantitative estimate of drug-likeness (QED) is 0.475. The number of urea groups is 1. The van der Waals surface area contributed by atoms with Gasteiger partial charge in [-0.05, 0) is 67.3 Å². The molecule has 0 bridgehead atoms. The zero-order chi connectivity index (χ0) is 22.4. The second-order valence-electron chi connectivity index (χ2n) is 7.53. The number of rotatable bonds is 5. The highest BCUT2D eigenvalue weighted by Crippen LogP contribution is 2.22. The fourth-order valence-electron chi connectivity index (χ4n) is 3.60. The van der Waals surface area contributed by atoms with Crippen LogP contribution in [0.5, 0.6) is 0 Å². The Hall–Kier alpha value is -2.57. The minimum Gasteiger partial charge on any atom is -0.343 e. The van der Waals surface area contributed by atoms with Gasteiger partial charge in [-0.2, -0.15) is 0 Å². The van der Waals surface area contributed by atoms with Crippen LogP contribution in [0.3, 0.4) is 0 Å². The molecule has 0 radical (unpaired) electrons. The summed E-state index contributed by atoms with van der Waals surface area (Å²) in [4.78, 5) is 28.2. The zero-order valence-electron chi connectivity index (χ0n) is 17.4. The largest absolute Gasteiger partial charge is 0.343 e. The van der Waals surface area contributed by atoms with Gasteiger partial charge in [0.15, 0.2) is 0 Å². The maximum absolute atomic E-state index is 13.1. The molecule has 0 unspecified atom stereocenters. The molecule has 1 aliphatic heterocycles. The highest BCUT2D eigenvalue weighted by molar-refractivity contribution is 6.31. The van der Waals surface area contributed by atoms with Crippen LogP contribution in [0.15, 0.2) is 48.5 Å². The Morgan fingerprint density at radius 3 is 2.13 bits per heavy atom. The molecule has 0 saturated carbocycles. The molecule has 3 amide bonds. The van der Waals surface area contributed by atoms with Gasteiger partial charge in [0.25, 0.3) is 0 Å². The van der Waals surface area contributed by atoms with Gasteiger partial charge in [0, 0.05) is 41.7 Å². The van der Waals surface area contributed by atoms with Crippen molar-refractivity contribution in [2.75, 3.05) is 24.5 Å². The number of carbonyl (C=O) groups is 2. The van der Waals surface area contributed by atoms with Crippen molar-refractivity contribution in [2.45, 2.75) is 26.2 Å². The van der Waals surface area contributed by atoms with Gasteiger partial charge in [0.1, 0.15) is 5.84 Å². The molecule has 164 valence electrons. The summed E-state index contributed by atoms with van der Waals surface area (Å²) in [5.74, 6) is 0.509. The minimum atomic E-state index is -0.380. The molecule has 1 saturated heterocycles. The number of amidine groups is 1. The predicted octanol–water partition coefficient (Wildman–Crippen LogP) is 5.18. The fourth-order valence-corrected chi connectivity index (χ4v) is 3.85. The van der Waals surface area contributed by atoms with Crippen LogP contribution < -0.4 is 10.2 Å². The molecule has 0 atom stereocenters. The number of anilines is 1. The van der Waals surface area contributed by atoms with Crippen molar-refractivity contribution in [3.63, 3.8) is 0 Å². The Bertz CT molecular complexity index is 924. The molecule has 1 aliphatic rings. The summed E-state index contributed by atoms with van der Waals surface area (Å²) in [6, 6.07) is 13.2. The van der Waals surface area contributed by atoms with Gasteiger partial charge in [-0.25, -0.2) is 9.69 Å². The predicted molar refractivity (Wildman–Crippen MR) is 125 cm³/mol. The zero-order valence-corrected chi connectivity index (χ0v) is 18.9. The van der Waals surface area contributed by atoms with E-state index in [0.29, 0.717) is 53.3 Å². The van der Waals surface area contributed by atoms with Crippen molar-refractivity contribution in [1.29, 1.82) is 5.41 Å². The molecule has 6 nitrogen and oxygen atoms in total. The third kappa shape index (κ3) is 5.99. The SMILES string of the molecule is CCC(=O)N1CCC(CNC(=O)N(C(=N)c2ccc(Cl)cc2)c2ccc(Cl)cc2)CC1. The number of hydrogen-bond donors (Lipinski definition) is 2. The third-order valence-corrected chi connectivity index (χ3v) is 5.94. The Morgan fingerprint density at radius 2 is 1.58 bits per heavy atom. The molecule has 2 N–H and O–H groups in total. The lowest BCUT2D eigenvalue weighted by atomic mass is 9.96. The van der Waals surface area contributed by atoms with Crippen molar-refractivity contribution in [1.82, 2.24) is 10.2 Å². The maximum Gasteiger partial charge on any atom is 0.327 e. The monoisotopic (exact) mass is 460 g/mol. The first-order chi connectivity index (χ1) is 14.9. The number of hydrogen-bond acceptors (Lipinski definition) is 3. The molecule has 8 heteroatoms. The van der Waals surface area contributed by atoms with E-state index < -0.39 is 0 Å². The number of halogens is 2. The Balaban J connectivity index is 1.69. The first-order valence-electron chi connectivity index (χ1n) is 10.3. The Morgan fingerprint density at radius 1 is 1.03 bits per heavy atom. The van der Waals surface area contributed by atoms with Crippen LogP contribution in [0.4, 0.5) is 10.5 Å². The molecule has 0 aromatic heterocycles. The summed E-state index contributed by atoms with van der Waals surface area (Å²) in [7, 11) is 0. The molecule has 2 aromatic rings. The number of piperidine rings is 1. The molecule has 1 heterocycles. The van der Waals surface area contributed by atoms with Gasteiger partial charge in [0.2, 0.25) is 5.91 Å². The number of nitrogens with one attached hydrogen (secondary N) is 2. The number of benzene rings is 2. The van der Waals surface area contributed by atoms with Gasteiger partial charge in [0.05, 0.1) is 5.69 Å². The van der Waals surface area contributed by atoms with Gasteiger partial charge < -0.3 is 10.2 Å². The summed E-state index contributed by atoms with van der Waals surface area (Å²) in [5.41, 5.74) is 1.12. The topological polar surface area (TPSA) is 76.5 Å². The first kappa shape index (κ1) is 23.1. The van der Waals surface area contributed by atoms with E-state index in [1.165, 1.54) is 4.90 Å². The second kappa shape index (κ2) is 10.6. The molecule has 2 aromatic carbocycles. The average molecular weight is 461 g/mol. The van der Waals surface area contributed by atoms with Crippen molar-refractivity contribution in [3.8, 4) is 0 Å². The smallest absolute Gasteiger partial charge is 0.327 e. The summed E-state index contributed by atoms with van der Waals surface area (Å²) in [6.45, 7) is 3.80. The highest BCUT2D eigenvalue weighted by atomic mass is 35.5. The van der Waals surface area contributed by atoms with Crippen LogP contribution in [0.2, 0.25) is 10.0 Å². The van der Waals surface area contributed by atoms with Gasteiger partial charge in [-0.15, -0.1) is 0 Å². The first-order valence-corrected chi connectivity index (χ1v) is 11.1. The van der Waals surface area contributed by atoms with Crippen LogP contribution >= 0.6 is 23.2 Å². The van der Waals surface area contributed by atoms with Gasteiger partial charge in [-0.3, -0.25) is 10.2 Å². The molecular weight excluding hydrogens is 435 g/mol. The van der Waals surface area contributed by atoms with Crippen LogP contribution in [0.1, 0.15) is 31.7 Å². The van der Waals surface area contributed by atoms with Crippen LogP contribution in [0.25, 0.3) is 0 Å². The van der Waals surface area contributed by atoms with E-state index in [-0.39, 0.29) is 17.8 Å². The number of carbonyl (C=O) groups excluding carboxylic acids is 2. The van der Waals surface area contributed by atoms with Crippen LogP contribution in [-0.2, 0) is 4.79 Å². The van der Waals surface area contributed by atoms with Gasteiger partial charge in [-0.1, -0.05) is 30.1 Å². The molecule has 31 heavy (non-hydrogen) atoms. The van der Waals surface area contributed by atoms with Gasteiger partial charge >= 0.3 is 6.03 Å². The van der Waals surface area contributed by atoms with E-state index >= 15 is 0 Å². The summed E-state index contributed by atoms with van der Waals surface area (Å²) in [6.07, 6.45) is 2.22. The molecule has 0 aliphatic carbocycles. The number of nitrogens with zero attached hydrogens (tertiary/aromatic N) is 2. The van der Waals surface area contributed by atoms with E-state index in [4.69, 9.17) is 28.6 Å². The standard InChI is InChI=1S/C23H26Cl2N4O2/c1-2-21(30)28-13-11-16(12-14-28)15-27-23(31)29(20-9-7-19(25)8-10-20)22(26)17-3-5-18(24)6-4-17/h3-10,16,26H,2,11-15H2,1H3,(H,27,31). The fraction of sp³-hybridized carbons (Fsp3) is 0.348. The summed E-state index contributed by atoms with van der Waals surface area (Å²) < 4.78 is 0. The van der Waals surface area contributed by atoms with Crippen molar-refractivity contribution in [3.05, 3.63) is 64.1 Å². The number of amides is 3. The number of likely N-dealkylation sites (tertiary alicyclic amines) is 1. The Labute approximate surface area is 192 Å². The maximum atomic E-state index is 13.1. The normalized spacial score (nSPS) is 14.2. The van der Waals surface area contributed by atoms with E-state index in [1.54, 1.807) is 48.5 Å². The van der Waals surface area contributed by atoms with Crippen molar-refractivity contribution < 1.29 is 9.59 Å². The van der Waals surface area contributed by atoms with Crippen molar-refractivity contribution >= 4 is 46.7 Å². The van der Waals surface area contributed by atoms with E-state index in [0.717, 1.165) is 12.8 Å².